The number of amides is 2. The molecular weight excluding hydrogens is 416 g/mol. The summed E-state index contributed by atoms with van der Waals surface area (Å²) in [5.74, 6) is -0.842. The summed E-state index contributed by atoms with van der Waals surface area (Å²) in [5, 5.41) is 0.562. The fourth-order valence-corrected chi connectivity index (χ4v) is 3.66. The summed E-state index contributed by atoms with van der Waals surface area (Å²) in [4.78, 5) is 29.9. The summed E-state index contributed by atoms with van der Waals surface area (Å²) in [6.45, 7) is 0. The molecule has 2 aromatic heterocycles. The van der Waals surface area contributed by atoms with Gasteiger partial charge in [0, 0.05) is 28.8 Å². The number of pyridine rings is 1. The minimum absolute atomic E-state index is 0.384. The molecule has 8 heteroatoms. The third kappa shape index (κ3) is 4.33. The van der Waals surface area contributed by atoms with Gasteiger partial charge in [-0.2, -0.15) is 0 Å². The molecule has 2 N–H and O–H groups in total. The quantitative estimate of drug-likeness (QED) is 0.621. The Morgan fingerprint density at radius 2 is 1.81 bits per heavy atom. The van der Waals surface area contributed by atoms with Crippen LogP contribution in [-0.4, -0.2) is 21.4 Å². The van der Waals surface area contributed by atoms with E-state index in [4.69, 9.17) is 0 Å². The van der Waals surface area contributed by atoms with Crippen LogP contribution in [0.4, 0.5) is 0 Å². The monoisotopic (exact) mass is 430 g/mol. The Morgan fingerprint density at radius 1 is 1.08 bits per heavy atom. The molecule has 6 nitrogen and oxygen atoms in total. The number of nitrogens with one attached hydrogen (secondary N) is 2. The molecule has 0 saturated carbocycles. The summed E-state index contributed by atoms with van der Waals surface area (Å²) in [5.41, 5.74) is 5.67. The lowest BCUT2D eigenvalue weighted by Crippen LogP contribution is -2.42. The largest absolute Gasteiger partial charge is 0.345 e. The molecule has 0 saturated heterocycles. The lowest BCUT2D eigenvalue weighted by molar-refractivity contribution is 0.0840. The number of hydrazine groups is 1. The maximum atomic E-state index is 12.5. The van der Waals surface area contributed by atoms with Gasteiger partial charge < -0.3 is 4.57 Å². The lowest BCUT2D eigenvalue weighted by Gasteiger charge is -2.10. The van der Waals surface area contributed by atoms with Crippen LogP contribution in [0.5, 0.6) is 0 Å². The van der Waals surface area contributed by atoms with Crippen molar-refractivity contribution in [2.45, 2.75) is 9.92 Å². The van der Waals surface area contributed by atoms with Gasteiger partial charge in [0.25, 0.3) is 11.8 Å². The molecule has 0 aliphatic carbocycles. The number of carbonyl (C=O) groups excluding carboxylic acids is 2. The van der Waals surface area contributed by atoms with Crippen molar-refractivity contribution >= 4 is 39.5 Å². The fourth-order valence-electron chi connectivity index (χ4n) is 2.24. The van der Waals surface area contributed by atoms with Gasteiger partial charge in [0.05, 0.1) is 5.56 Å². The number of hydrogen-bond acceptors (Lipinski definition) is 4. The van der Waals surface area contributed by atoms with E-state index in [1.807, 2.05) is 30.3 Å². The van der Waals surface area contributed by atoms with E-state index < -0.39 is 11.8 Å². The molecule has 0 bridgehead atoms. The smallest absolute Gasteiger partial charge is 0.286 e. The zero-order valence-corrected chi connectivity index (χ0v) is 16.2. The molecule has 3 aromatic rings. The van der Waals surface area contributed by atoms with E-state index in [0.717, 1.165) is 9.37 Å². The highest BCUT2D eigenvalue weighted by molar-refractivity contribution is 9.10. The number of aromatic nitrogens is 2. The van der Waals surface area contributed by atoms with Gasteiger partial charge in [-0.15, -0.1) is 0 Å². The molecule has 26 heavy (non-hydrogen) atoms. The molecule has 2 amide bonds. The Labute approximate surface area is 163 Å². The average Bonchev–Trinajstić information content (AvgIpc) is 2.99. The summed E-state index contributed by atoms with van der Waals surface area (Å²) < 4.78 is 2.44. The summed E-state index contributed by atoms with van der Waals surface area (Å²) in [6.07, 6.45) is 3.38. The molecule has 0 spiro atoms. The minimum Gasteiger partial charge on any atom is -0.345 e. The second-order valence-corrected chi connectivity index (χ2v) is 7.31. The number of aryl methyl sites for hydroxylation is 1. The van der Waals surface area contributed by atoms with Crippen LogP contribution in [0.1, 0.15) is 20.8 Å². The predicted molar refractivity (Wildman–Crippen MR) is 103 cm³/mol. The van der Waals surface area contributed by atoms with Crippen molar-refractivity contribution in [3.8, 4) is 0 Å². The first-order chi connectivity index (χ1) is 12.5. The van der Waals surface area contributed by atoms with Gasteiger partial charge in [-0.25, -0.2) is 4.98 Å². The van der Waals surface area contributed by atoms with Crippen molar-refractivity contribution in [2.24, 2.45) is 7.05 Å². The summed E-state index contributed by atoms with van der Waals surface area (Å²) in [7, 11) is 1.75. The van der Waals surface area contributed by atoms with Crippen molar-refractivity contribution in [1.29, 1.82) is 0 Å². The Balaban J connectivity index is 1.70. The Hall–Kier alpha value is -2.58. The Morgan fingerprint density at radius 3 is 2.50 bits per heavy atom. The van der Waals surface area contributed by atoms with Crippen molar-refractivity contribution in [3.63, 3.8) is 0 Å². The molecule has 1 aromatic carbocycles. The first kappa shape index (κ1) is 18.2. The van der Waals surface area contributed by atoms with Gasteiger partial charge in [0.1, 0.15) is 10.7 Å². The van der Waals surface area contributed by atoms with Gasteiger partial charge in [-0.3, -0.25) is 20.4 Å². The third-order valence-corrected chi connectivity index (χ3v) is 4.93. The molecular formula is C18H15BrN4O2S. The van der Waals surface area contributed by atoms with Crippen LogP contribution in [0.3, 0.4) is 0 Å². The number of carbonyl (C=O) groups is 2. The van der Waals surface area contributed by atoms with E-state index in [9.17, 15) is 9.59 Å². The van der Waals surface area contributed by atoms with Crippen LogP contribution in [0.15, 0.2) is 75.3 Å². The van der Waals surface area contributed by atoms with Crippen LogP contribution < -0.4 is 10.9 Å². The fraction of sp³-hybridized carbons (Fsp3) is 0.0556. The van der Waals surface area contributed by atoms with Crippen molar-refractivity contribution < 1.29 is 9.59 Å². The van der Waals surface area contributed by atoms with Gasteiger partial charge in [0.15, 0.2) is 0 Å². The van der Waals surface area contributed by atoms with Crippen LogP contribution >= 0.6 is 27.7 Å². The number of hydrogen-bond donors (Lipinski definition) is 2. The SMILES string of the molecule is Cn1cc(Br)cc1C(=O)NNC(=O)c1cccnc1Sc1ccccc1. The van der Waals surface area contributed by atoms with E-state index >= 15 is 0 Å². The Kier molecular flexibility index (Phi) is 5.75. The minimum atomic E-state index is -0.432. The van der Waals surface area contributed by atoms with Gasteiger partial charge >= 0.3 is 0 Å². The lowest BCUT2D eigenvalue weighted by atomic mass is 10.3. The van der Waals surface area contributed by atoms with Crippen molar-refractivity contribution in [2.75, 3.05) is 0 Å². The zero-order chi connectivity index (χ0) is 18.5. The number of rotatable bonds is 4. The first-order valence-corrected chi connectivity index (χ1v) is 9.26. The second kappa shape index (κ2) is 8.20. The van der Waals surface area contributed by atoms with E-state index in [-0.39, 0.29) is 0 Å². The third-order valence-electron chi connectivity index (χ3n) is 3.47. The van der Waals surface area contributed by atoms with Crippen molar-refractivity contribution in [3.05, 3.63) is 76.7 Å². The molecule has 2 heterocycles. The van der Waals surface area contributed by atoms with Crippen LogP contribution in [0.25, 0.3) is 0 Å². The summed E-state index contributed by atoms with van der Waals surface area (Å²) >= 11 is 4.69. The first-order valence-electron chi connectivity index (χ1n) is 7.65. The van der Waals surface area contributed by atoms with Gasteiger partial charge in [-0.05, 0) is 46.3 Å². The predicted octanol–water partition coefficient (Wildman–Crippen LogP) is 3.41. The highest BCUT2D eigenvalue weighted by Gasteiger charge is 2.16. The molecule has 3 rings (SSSR count). The standard InChI is InChI=1S/C18H15BrN4O2S/c1-23-11-12(19)10-15(23)17(25)22-21-16(24)14-8-5-9-20-18(14)26-13-6-3-2-4-7-13/h2-11H,1H3,(H,21,24)(H,22,25). The summed E-state index contributed by atoms with van der Waals surface area (Å²) in [6, 6.07) is 14.7. The Bertz CT molecular complexity index is 943. The molecule has 0 aliphatic heterocycles. The average molecular weight is 431 g/mol. The van der Waals surface area contributed by atoms with Crippen LogP contribution in [-0.2, 0) is 7.05 Å². The van der Waals surface area contributed by atoms with Crippen molar-refractivity contribution in [1.82, 2.24) is 20.4 Å². The number of halogens is 1. The molecule has 0 aliphatic rings. The van der Waals surface area contributed by atoms with Crippen LogP contribution in [0.2, 0.25) is 0 Å². The number of benzene rings is 1. The highest BCUT2D eigenvalue weighted by atomic mass is 79.9. The second-order valence-electron chi connectivity index (χ2n) is 5.33. The molecule has 0 atom stereocenters. The molecule has 0 radical (unpaired) electrons. The highest BCUT2D eigenvalue weighted by Crippen LogP contribution is 2.28. The van der Waals surface area contributed by atoms with Crippen LogP contribution in [0, 0.1) is 0 Å². The van der Waals surface area contributed by atoms with Gasteiger partial charge in [-0.1, -0.05) is 30.0 Å². The van der Waals surface area contributed by atoms with E-state index in [1.54, 1.807) is 42.2 Å². The molecule has 132 valence electrons. The van der Waals surface area contributed by atoms with E-state index in [2.05, 4.69) is 31.8 Å². The molecule has 0 fully saturated rings. The van der Waals surface area contributed by atoms with E-state index in [1.165, 1.54) is 11.8 Å². The molecule has 0 unspecified atom stereocenters. The maximum Gasteiger partial charge on any atom is 0.286 e. The number of nitrogens with zero attached hydrogens (tertiary/aromatic N) is 2. The maximum absolute atomic E-state index is 12.5. The normalized spacial score (nSPS) is 10.4. The van der Waals surface area contributed by atoms with Gasteiger partial charge in [0.2, 0.25) is 0 Å². The zero-order valence-electron chi connectivity index (χ0n) is 13.8. The topological polar surface area (TPSA) is 76.0 Å². The van der Waals surface area contributed by atoms with E-state index in [0.29, 0.717) is 16.3 Å².